The predicted octanol–water partition coefficient (Wildman–Crippen LogP) is 1.28. The van der Waals surface area contributed by atoms with Crippen LogP contribution in [0.4, 0.5) is 8.78 Å². The monoisotopic (exact) mass is 269 g/mol. The third-order valence-corrected chi connectivity index (χ3v) is 3.23. The second kappa shape index (κ2) is 4.95. The lowest BCUT2D eigenvalue weighted by Gasteiger charge is -2.17. The van der Waals surface area contributed by atoms with Gasteiger partial charge in [0.1, 0.15) is 17.6 Å². The summed E-state index contributed by atoms with van der Waals surface area (Å²) in [7, 11) is 1.13. The number of amides is 1. The number of halogens is 2. The van der Waals surface area contributed by atoms with Gasteiger partial charge in [-0.15, -0.1) is 0 Å². The SMILES string of the molecule is COC(=O)[C@@H]1C(=O)NC[C@H]1c1c(F)cc(C)cc1F. The van der Waals surface area contributed by atoms with Crippen LogP contribution in [0.15, 0.2) is 12.1 Å². The van der Waals surface area contributed by atoms with E-state index in [1.165, 1.54) is 12.1 Å². The number of carbonyl (C=O) groups excluding carboxylic acids is 2. The van der Waals surface area contributed by atoms with Crippen LogP contribution in [0.3, 0.4) is 0 Å². The van der Waals surface area contributed by atoms with E-state index >= 15 is 0 Å². The summed E-state index contributed by atoms with van der Waals surface area (Å²) in [5.74, 6) is -4.98. The summed E-state index contributed by atoms with van der Waals surface area (Å²) in [4.78, 5) is 23.2. The maximum absolute atomic E-state index is 13.9. The highest BCUT2D eigenvalue weighted by Gasteiger charge is 2.44. The highest BCUT2D eigenvalue weighted by Crippen LogP contribution is 2.33. The van der Waals surface area contributed by atoms with Crippen LogP contribution in [0.25, 0.3) is 0 Å². The number of methoxy groups -OCH3 is 1. The maximum atomic E-state index is 13.9. The van der Waals surface area contributed by atoms with Gasteiger partial charge in [-0.2, -0.15) is 0 Å². The molecular weight excluding hydrogens is 256 g/mol. The first-order valence-electron chi connectivity index (χ1n) is 5.76. The second-order valence-electron chi connectivity index (χ2n) is 4.49. The maximum Gasteiger partial charge on any atom is 0.318 e. The molecule has 2 atom stereocenters. The first kappa shape index (κ1) is 13.5. The van der Waals surface area contributed by atoms with Crippen LogP contribution in [-0.2, 0) is 14.3 Å². The van der Waals surface area contributed by atoms with Gasteiger partial charge in [0.15, 0.2) is 0 Å². The van der Waals surface area contributed by atoms with Crippen LogP contribution < -0.4 is 5.32 Å². The zero-order valence-corrected chi connectivity index (χ0v) is 10.5. The molecule has 0 aromatic heterocycles. The Kier molecular flexibility index (Phi) is 3.50. The molecule has 0 unspecified atom stereocenters. The molecule has 4 nitrogen and oxygen atoms in total. The van der Waals surface area contributed by atoms with Crippen molar-refractivity contribution in [1.29, 1.82) is 0 Å². The molecule has 1 aliphatic heterocycles. The lowest BCUT2D eigenvalue weighted by Crippen LogP contribution is -2.28. The topological polar surface area (TPSA) is 55.4 Å². The molecule has 1 aromatic rings. The number of aryl methyl sites for hydroxylation is 1. The van der Waals surface area contributed by atoms with Crippen molar-refractivity contribution in [1.82, 2.24) is 5.32 Å². The van der Waals surface area contributed by atoms with E-state index in [0.717, 1.165) is 7.11 Å². The molecule has 0 bridgehead atoms. The van der Waals surface area contributed by atoms with E-state index in [9.17, 15) is 18.4 Å². The minimum atomic E-state index is -1.21. The van der Waals surface area contributed by atoms with Gasteiger partial charge < -0.3 is 10.1 Å². The van der Waals surface area contributed by atoms with Gasteiger partial charge in [-0.1, -0.05) is 0 Å². The van der Waals surface area contributed by atoms with Crippen molar-refractivity contribution in [2.45, 2.75) is 12.8 Å². The first-order valence-corrected chi connectivity index (χ1v) is 5.76. The quantitative estimate of drug-likeness (QED) is 0.650. The summed E-state index contributed by atoms with van der Waals surface area (Å²) in [5.41, 5.74) is 0.185. The van der Waals surface area contributed by atoms with Gasteiger partial charge in [-0.05, 0) is 24.6 Å². The summed E-state index contributed by atoms with van der Waals surface area (Å²) in [6.45, 7) is 1.57. The van der Waals surface area contributed by atoms with E-state index in [2.05, 4.69) is 10.1 Å². The fourth-order valence-corrected chi connectivity index (χ4v) is 2.35. The molecule has 1 fully saturated rings. The zero-order valence-electron chi connectivity index (χ0n) is 10.5. The average Bonchev–Trinajstić information content (AvgIpc) is 2.69. The smallest absolute Gasteiger partial charge is 0.318 e. The van der Waals surface area contributed by atoms with Gasteiger partial charge in [0.25, 0.3) is 0 Å². The zero-order chi connectivity index (χ0) is 14.2. The Hall–Kier alpha value is -1.98. The fourth-order valence-electron chi connectivity index (χ4n) is 2.35. The van der Waals surface area contributed by atoms with Gasteiger partial charge in [-0.3, -0.25) is 9.59 Å². The van der Waals surface area contributed by atoms with Crippen molar-refractivity contribution >= 4 is 11.9 Å². The Labute approximate surface area is 108 Å². The van der Waals surface area contributed by atoms with Crippen molar-refractivity contribution in [3.8, 4) is 0 Å². The molecule has 0 saturated carbocycles. The van der Waals surface area contributed by atoms with Crippen LogP contribution in [0, 0.1) is 24.5 Å². The number of benzene rings is 1. The number of rotatable bonds is 2. The van der Waals surface area contributed by atoms with Gasteiger partial charge in [0.05, 0.1) is 7.11 Å². The van der Waals surface area contributed by atoms with Crippen LogP contribution in [0.2, 0.25) is 0 Å². The molecule has 1 aromatic carbocycles. The van der Waals surface area contributed by atoms with Crippen LogP contribution in [-0.4, -0.2) is 25.5 Å². The number of ether oxygens (including phenoxy) is 1. The van der Waals surface area contributed by atoms with Gasteiger partial charge in [0, 0.05) is 18.0 Å². The minimum Gasteiger partial charge on any atom is -0.468 e. The fraction of sp³-hybridized carbons (Fsp3) is 0.385. The molecule has 19 heavy (non-hydrogen) atoms. The number of nitrogens with one attached hydrogen (secondary N) is 1. The number of hydrogen-bond acceptors (Lipinski definition) is 3. The third kappa shape index (κ3) is 2.30. The van der Waals surface area contributed by atoms with Crippen molar-refractivity contribution in [2.75, 3.05) is 13.7 Å². The molecule has 6 heteroatoms. The van der Waals surface area contributed by atoms with Crippen molar-refractivity contribution in [3.63, 3.8) is 0 Å². The predicted molar refractivity (Wildman–Crippen MR) is 62.4 cm³/mol. The van der Waals surface area contributed by atoms with Gasteiger partial charge in [0.2, 0.25) is 5.91 Å². The van der Waals surface area contributed by atoms with Crippen LogP contribution in [0.1, 0.15) is 17.0 Å². The van der Waals surface area contributed by atoms with Crippen LogP contribution in [0.5, 0.6) is 0 Å². The lowest BCUT2D eigenvalue weighted by atomic mass is 9.87. The summed E-state index contributed by atoms with van der Waals surface area (Å²) in [6, 6.07) is 2.35. The highest BCUT2D eigenvalue weighted by atomic mass is 19.1. The Morgan fingerprint density at radius 2 is 1.95 bits per heavy atom. The number of esters is 1. The van der Waals surface area contributed by atoms with Crippen molar-refractivity contribution < 1.29 is 23.1 Å². The number of hydrogen-bond donors (Lipinski definition) is 1. The third-order valence-electron chi connectivity index (χ3n) is 3.23. The molecule has 0 spiro atoms. The van der Waals surface area contributed by atoms with Gasteiger partial charge >= 0.3 is 5.97 Å². The van der Waals surface area contributed by atoms with E-state index in [1.807, 2.05) is 0 Å². The molecule has 1 aliphatic rings. The standard InChI is InChI=1S/C13H13F2NO3/c1-6-3-8(14)10(9(15)4-6)7-5-16-12(17)11(7)13(18)19-2/h3-4,7,11H,5H2,1-2H3,(H,16,17)/t7-,11-/m0/s1. The molecule has 1 saturated heterocycles. The Bertz CT molecular complexity index is 522. The van der Waals surface area contributed by atoms with Crippen molar-refractivity contribution in [3.05, 3.63) is 34.9 Å². The van der Waals surface area contributed by atoms with E-state index in [4.69, 9.17) is 0 Å². The lowest BCUT2D eigenvalue weighted by molar-refractivity contribution is -0.149. The van der Waals surface area contributed by atoms with Gasteiger partial charge in [-0.25, -0.2) is 8.78 Å². The average molecular weight is 269 g/mol. The molecule has 102 valence electrons. The van der Waals surface area contributed by atoms with Crippen molar-refractivity contribution in [2.24, 2.45) is 5.92 Å². The Morgan fingerprint density at radius 3 is 2.47 bits per heavy atom. The van der Waals surface area contributed by atoms with E-state index in [0.29, 0.717) is 5.56 Å². The molecule has 1 amide bonds. The normalized spacial score (nSPS) is 22.2. The van der Waals surface area contributed by atoms with E-state index in [1.54, 1.807) is 6.92 Å². The largest absolute Gasteiger partial charge is 0.468 e. The molecular formula is C13H13F2NO3. The minimum absolute atomic E-state index is 0.00943. The summed E-state index contributed by atoms with van der Waals surface area (Å²) in [6.07, 6.45) is 0. The molecule has 0 aliphatic carbocycles. The van der Waals surface area contributed by atoms with E-state index in [-0.39, 0.29) is 12.1 Å². The molecule has 1 heterocycles. The van der Waals surface area contributed by atoms with Crippen LogP contribution >= 0.6 is 0 Å². The second-order valence-corrected chi connectivity index (χ2v) is 4.49. The van der Waals surface area contributed by atoms with E-state index < -0.39 is 35.3 Å². The summed E-state index contributed by atoms with van der Waals surface area (Å²) >= 11 is 0. The number of carbonyl (C=O) groups is 2. The summed E-state index contributed by atoms with van der Waals surface area (Å²) in [5, 5.41) is 2.43. The Morgan fingerprint density at radius 1 is 1.37 bits per heavy atom. The molecule has 0 radical (unpaired) electrons. The molecule has 1 N–H and O–H groups in total. The molecule has 2 rings (SSSR count). The summed E-state index contributed by atoms with van der Waals surface area (Å²) < 4.78 is 32.3. The Balaban J connectivity index is 2.46. The highest BCUT2D eigenvalue weighted by molar-refractivity contribution is 6.00. The first-order chi connectivity index (χ1) is 8.95.